The Kier molecular flexibility index (Phi) is 4.28. The Morgan fingerprint density at radius 2 is 2.05 bits per heavy atom. The molecule has 0 spiro atoms. The lowest BCUT2D eigenvalue weighted by Gasteiger charge is -2.09. The molecule has 0 aliphatic carbocycles. The summed E-state index contributed by atoms with van der Waals surface area (Å²) in [4.78, 5) is 7.84. The number of halogens is 1. The molecule has 0 unspecified atom stereocenters. The standard InChI is InChI=1S/C14H17FN4/c1-10-5-3-4-6-11(10)7-8-17-13-12(15)9-18-14(16-2)19-13/h3-6,9H,7-8H2,1-2H3,(H2,16,17,18,19). The largest absolute Gasteiger partial charge is 0.367 e. The van der Waals surface area contributed by atoms with Gasteiger partial charge in [-0.3, -0.25) is 0 Å². The molecule has 0 aliphatic heterocycles. The number of rotatable bonds is 5. The molecule has 1 aromatic carbocycles. The highest BCUT2D eigenvalue weighted by molar-refractivity contribution is 5.41. The Balaban J connectivity index is 1.98. The summed E-state index contributed by atoms with van der Waals surface area (Å²) >= 11 is 0. The van der Waals surface area contributed by atoms with Crippen molar-refractivity contribution in [1.29, 1.82) is 0 Å². The van der Waals surface area contributed by atoms with Crippen LogP contribution in [0.25, 0.3) is 0 Å². The van der Waals surface area contributed by atoms with E-state index in [1.165, 1.54) is 11.1 Å². The molecule has 0 aliphatic rings. The van der Waals surface area contributed by atoms with Crippen LogP contribution >= 0.6 is 0 Å². The van der Waals surface area contributed by atoms with E-state index in [1.807, 2.05) is 12.1 Å². The Labute approximate surface area is 112 Å². The van der Waals surface area contributed by atoms with Crippen molar-refractivity contribution in [2.45, 2.75) is 13.3 Å². The molecule has 2 N–H and O–H groups in total. The van der Waals surface area contributed by atoms with Gasteiger partial charge in [-0.15, -0.1) is 0 Å². The molecule has 100 valence electrons. The number of nitrogens with one attached hydrogen (secondary N) is 2. The highest BCUT2D eigenvalue weighted by Gasteiger charge is 2.05. The van der Waals surface area contributed by atoms with E-state index < -0.39 is 5.82 Å². The Hall–Kier alpha value is -2.17. The maximum Gasteiger partial charge on any atom is 0.224 e. The number of aromatic nitrogens is 2. The second-order valence-electron chi connectivity index (χ2n) is 4.24. The van der Waals surface area contributed by atoms with Crippen LogP contribution in [0.2, 0.25) is 0 Å². The van der Waals surface area contributed by atoms with Gasteiger partial charge in [0.1, 0.15) is 0 Å². The Morgan fingerprint density at radius 1 is 1.26 bits per heavy atom. The van der Waals surface area contributed by atoms with Crippen LogP contribution in [0.4, 0.5) is 16.2 Å². The Morgan fingerprint density at radius 3 is 2.79 bits per heavy atom. The van der Waals surface area contributed by atoms with E-state index in [0.29, 0.717) is 12.5 Å². The number of nitrogens with zero attached hydrogens (tertiary/aromatic N) is 2. The molecule has 0 saturated heterocycles. The average molecular weight is 260 g/mol. The third kappa shape index (κ3) is 3.40. The van der Waals surface area contributed by atoms with Crippen LogP contribution in [0, 0.1) is 12.7 Å². The molecule has 0 bridgehead atoms. The molecule has 5 heteroatoms. The molecule has 19 heavy (non-hydrogen) atoms. The van der Waals surface area contributed by atoms with E-state index >= 15 is 0 Å². The molecule has 0 fully saturated rings. The van der Waals surface area contributed by atoms with Crippen molar-refractivity contribution in [2.24, 2.45) is 0 Å². The molecule has 4 nitrogen and oxygen atoms in total. The van der Waals surface area contributed by atoms with Crippen LogP contribution in [0.5, 0.6) is 0 Å². The molecular formula is C14H17FN4. The Bertz CT molecular complexity index is 557. The molecule has 2 aromatic rings. The first-order valence-electron chi connectivity index (χ1n) is 6.19. The summed E-state index contributed by atoms with van der Waals surface area (Å²) in [6, 6.07) is 8.16. The minimum atomic E-state index is -0.441. The van der Waals surface area contributed by atoms with Gasteiger partial charge in [0.05, 0.1) is 6.20 Å². The molecule has 1 aromatic heterocycles. The van der Waals surface area contributed by atoms with Crippen molar-refractivity contribution < 1.29 is 4.39 Å². The number of aryl methyl sites for hydroxylation is 1. The van der Waals surface area contributed by atoms with E-state index in [0.717, 1.165) is 12.6 Å². The number of hydrogen-bond acceptors (Lipinski definition) is 4. The third-order valence-electron chi connectivity index (χ3n) is 2.92. The summed E-state index contributed by atoms with van der Waals surface area (Å²) in [6.07, 6.45) is 1.99. The van der Waals surface area contributed by atoms with Crippen LogP contribution < -0.4 is 10.6 Å². The average Bonchev–Trinajstić information content (AvgIpc) is 2.43. The van der Waals surface area contributed by atoms with Crippen molar-refractivity contribution in [3.05, 3.63) is 47.4 Å². The van der Waals surface area contributed by atoms with E-state index in [1.54, 1.807) is 7.05 Å². The summed E-state index contributed by atoms with van der Waals surface area (Å²) < 4.78 is 13.5. The van der Waals surface area contributed by atoms with Gasteiger partial charge < -0.3 is 10.6 Å². The maximum absolute atomic E-state index is 13.5. The van der Waals surface area contributed by atoms with Crippen LogP contribution in [-0.2, 0) is 6.42 Å². The summed E-state index contributed by atoms with van der Waals surface area (Å²) in [5.41, 5.74) is 2.49. The molecule has 1 heterocycles. The van der Waals surface area contributed by atoms with Crippen LogP contribution in [-0.4, -0.2) is 23.6 Å². The predicted molar refractivity (Wildman–Crippen MR) is 74.9 cm³/mol. The van der Waals surface area contributed by atoms with Crippen molar-refractivity contribution in [1.82, 2.24) is 9.97 Å². The predicted octanol–water partition coefficient (Wildman–Crippen LogP) is 2.62. The van der Waals surface area contributed by atoms with E-state index in [9.17, 15) is 4.39 Å². The fourth-order valence-electron chi connectivity index (χ4n) is 1.82. The second-order valence-corrected chi connectivity index (χ2v) is 4.24. The van der Waals surface area contributed by atoms with Gasteiger partial charge >= 0.3 is 0 Å². The van der Waals surface area contributed by atoms with E-state index in [2.05, 4.69) is 39.7 Å². The van der Waals surface area contributed by atoms with Crippen LogP contribution in [0.1, 0.15) is 11.1 Å². The molecule has 0 saturated carbocycles. The van der Waals surface area contributed by atoms with Crippen LogP contribution in [0.3, 0.4) is 0 Å². The number of anilines is 2. The summed E-state index contributed by atoms with van der Waals surface area (Å²) in [5, 5.41) is 5.78. The maximum atomic E-state index is 13.5. The summed E-state index contributed by atoms with van der Waals surface area (Å²) in [5.74, 6) is 0.191. The lowest BCUT2D eigenvalue weighted by Crippen LogP contribution is -2.10. The van der Waals surface area contributed by atoms with Gasteiger partial charge in [-0.2, -0.15) is 4.98 Å². The zero-order valence-corrected chi connectivity index (χ0v) is 11.1. The molecule has 2 rings (SSSR count). The zero-order chi connectivity index (χ0) is 13.7. The fraction of sp³-hybridized carbons (Fsp3) is 0.286. The first-order valence-corrected chi connectivity index (χ1v) is 6.19. The van der Waals surface area contributed by atoms with Gasteiger partial charge in [-0.25, -0.2) is 9.37 Å². The van der Waals surface area contributed by atoms with Crippen molar-refractivity contribution >= 4 is 11.8 Å². The normalized spacial score (nSPS) is 10.3. The summed E-state index contributed by atoms with van der Waals surface area (Å²) in [7, 11) is 1.70. The van der Waals surface area contributed by atoms with Gasteiger partial charge in [0, 0.05) is 13.6 Å². The van der Waals surface area contributed by atoms with Crippen molar-refractivity contribution in [3.63, 3.8) is 0 Å². The molecular weight excluding hydrogens is 243 g/mol. The molecule has 0 amide bonds. The van der Waals surface area contributed by atoms with E-state index in [4.69, 9.17) is 0 Å². The van der Waals surface area contributed by atoms with Crippen LogP contribution in [0.15, 0.2) is 30.5 Å². The highest BCUT2D eigenvalue weighted by Crippen LogP contribution is 2.12. The van der Waals surface area contributed by atoms with Gasteiger partial charge in [0.2, 0.25) is 5.95 Å². The lowest BCUT2D eigenvalue weighted by molar-refractivity contribution is 0.617. The minimum absolute atomic E-state index is 0.230. The first-order chi connectivity index (χ1) is 9.20. The minimum Gasteiger partial charge on any atom is -0.367 e. The zero-order valence-electron chi connectivity index (χ0n) is 11.1. The van der Waals surface area contributed by atoms with Gasteiger partial charge in [0.15, 0.2) is 11.6 Å². The van der Waals surface area contributed by atoms with Crippen molar-refractivity contribution in [3.8, 4) is 0 Å². The molecule has 0 atom stereocenters. The number of benzene rings is 1. The van der Waals surface area contributed by atoms with Gasteiger partial charge in [0.25, 0.3) is 0 Å². The SMILES string of the molecule is CNc1ncc(F)c(NCCc2ccccc2C)n1. The quantitative estimate of drug-likeness (QED) is 0.867. The lowest BCUT2D eigenvalue weighted by atomic mass is 10.1. The second kappa shape index (κ2) is 6.13. The molecule has 0 radical (unpaired) electrons. The smallest absolute Gasteiger partial charge is 0.224 e. The first kappa shape index (κ1) is 13.3. The van der Waals surface area contributed by atoms with Gasteiger partial charge in [-0.1, -0.05) is 24.3 Å². The topological polar surface area (TPSA) is 49.8 Å². The third-order valence-corrected chi connectivity index (χ3v) is 2.92. The van der Waals surface area contributed by atoms with Gasteiger partial charge in [-0.05, 0) is 24.5 Å². The number of hydrogen-bond donors (Lipinski definition) is 2. The summed E-state index contributed by atoms with van der Waals surface area (Å²) in [6.45, 7) is 2.70. The highest BCUT2D eigenvalue weighted by atomic mass is 19.1. The van der Waals surface area contributed by atoms with E-state index in [-0.39, 0.29) is 5.82 Å². The monoisotopic (exact) mass is 260 g/mol. The van der Waals surface area contributed by atoms with Crippen molar-refractivity contribution in [2.75, 3.05) is 24.2 Å². The fourth-order valence-corrected chi connectivity index (χ4v) is 1.82.